The fourth-order valence-corrected chi connectivity index (χ4v) is 2.13. The van der Waals surface area contributed by atoms with E-state index >= 15 is 0 Å². The van der Waals surface area contributed by atoms with E-state index in [1.807, 2.05) is 12.1 Å². The second kappa shape index (κ2) is 5.40. The van der Waals surface area contributed by atoms with Gasteiger partial charge >= 0.3 is 0 Å². The molecule has 2 rings (SSSR count). The molecule has 0 saturated carbocycles. The van der Waals surface area contributed by atoms with Crippen LogP contribution in [0.25, 0.3) is 0 Å². The van der Waals surface area contributed by atoms with Crippen LogP contribution in [0.3, 0.4) is 0 Å². The third kappa shape index (κ3) is 3.01. The van der Waals surface area contributed by atoms with Crippen LogP contribution in [0.1, 0.15) is 17.5 Å². The maximum atomic E-state index is 11.4. The Morgan fingerprint density at radius 2 is 2.22 bits per heavy atom. The molecule has 18 heavy (non-hydrogen) atoms. The lowest BCUT2D eigenvalue weighted by Gasteiger charge is -2.22. The standard InChI is InChI=1S/C14H20N2O2/c1-16(2)14(17)9-18-13-6-4-10-3-5-12(15)7-11(10)8-13/h4,6,8,12H,3,5,7,9,15H2,1-2H3/t12-/m0/s1. The van der Waals surface area contributed by atoms with Crippen molar-refractivity contribution in [2.45, 2.75) is 25.3 Å². The molecular formula is C14H20N2O2. The van der Waals surface area contributed by atoms with Crippen LogP contribution < -0.4 is 10.5 Å². The molecule has 4 heteroatoms. The Labute approximate surface area is 108 Å². The Balaban J connectivity index is 2.02. The largest absolute Gasteiger partial charge is 0.484 e. The quantitative estimate of drug-likeness (QED) is 0.867. The number of amides is 1. The zero-order valence-corrected chi connectivity index (χ0v) is 11.0. The van der Waals surface area contributed by atoms with Gasteiger partial charge in [-0.05, 0) is 42.5 Å². The Morgan fingerprint density at radius 1 is 1.44 bits per heavy atom. The van der Waals surface area contributed by atoms with Crippen LogP contribution in [0.5, 0.6) is 5.75 Å². The van der Waals surface area contributed by atoms with Crippen molar-refractivity contribution in [1.82, 2.24) is 4.90 Å². The molecule has 1 aliphatic carbocycles. The summed E-state index contributed by atoms with van der Waals surface area (Å²) in [6, 6.07) is 6.27. The van der Waals surface area contributed by atoms with Crippen molar-refractivity contribution in [2.75, 3.05) is 20.7 Å². The number of ether oxygens (including phenoxy) is 1. The minimum Gasteiger partial charge on any atom is -0.484 e. The van der Waals surface area contributed by atoms with Gasteiger partial charge in [0.1, 0.15) is 5.75 Å². The van der Waals surface area contributed by atoms with Gasteiger partial charge < -0.3 is 15.4 Å². The minimum absolute atomic E-state index is 0.0376. The lowest BCUT2D eigenvalue weighted by Crippen LogP contribution is -2.28. The highest BCUT2D eigenvalue weighted by molar-refractivity contribution is 5.77. The number of benzene rings is 1. The molecule has 98 valence electrons. The Morgan fingerprint density at radius 3 is 2.94 bits per heavy atom. The molecular weight excluding hydrogens is 228 g/mol. The summed E-state index contributed by atoms with van der Waals surface area (Å²) in [4.78, 5) is 13.0. The van der Waals surface area contributed by atoms with Crippen LogP contribution in [-0.2, 0) is 17.6 Å². The number of nitrogens with two attached hydrogens (primary N) is 1. The molecule has 0 bridgehead atoms. The molecule has 0 aliphatic heterocycles. The lowest BCUT2D eigenvalue weighted by molar-refractivity contribution is -0.130. The lowest BCUT2D eigenvalue weighted by atomic mass is 9.89. The first kappa shape index (κ1) is 12.9. The number of hydrogen-bond acceptors (Lipinski definition) is 3. The number of nitrogens with zero attached hydrogens (tertiary/aromatic N) is 1. The summed E-state index contributed by atoms with van der Waals surface area (Å²) in [6.45, 7) is 0.0812. The molecule has 0 spiro atoms. The van der Waals surface area contributed by atoms with Crippen LogP contribution in [0.2, 0.25) is 0 Å². The van der Waals surface area contributed by atoms with Gasteiger partial charge in [0.15, 0.2) is 6.61 Å². The average molecular weight is 248 g/mol. The molecule has 1 aromatic carbocycles. The molecule has 2 N–H and O–H groups in total. The minimum atomic E-state index is -0.0376. The van der Waals surface area contributed by atoms with Crippen molar-refractivity contribution in [2.24, 2.45) is 5.73 Å². The van der Waals surface area contributed by atoms with Gasteiger partial charge in [0.05, 0.1) is 0 Å². The first-order chi connectivity index (χ1) is 8.56. The summed E-state index contributed by atoms with van der Waals surface area (Å²) < 4.78 is 5.50. The summed E-state index contributed by atoms with van der Waals surface area (Å²) in [6.07, 6.45) is 2.98. The van der Waals surface area contributed by atoms with E-state index in [9.17, 15) is 4.79 Å². The molecule has 0 aromatic heterocycles. The van der Waals surface area contributed by atoms with Gasteiger partial charge in [-0.2, -0.15) is 0 Å². The molecule has 1 atom stereocenters. The van der Waals surface area contributed by atoms with Crippen molar-refractivity contribution in [1.29, 1.82) is 0 Å². The first-order valence-electron chi connectivity index (χ1n) is 6.26. The summed E-state index contributed by atoms with van der Waals surface area (Å²) in [5.41, 5.74) is 8.56. The molecule has 4 nitrogen and oxygen atoms in total. The summed E-state index contributed by atoms with van der Waals surface area (Å²) >= 11 is 0. The maximum Gasteiger partial charge on any atom is 0.259 e. The Hall–Kier alpha value is -1.55. The zero-order valence-electron chi connectivity index (χ0n) is 11.0. The van der Waals surface area contributed by atoms with Crippen molar-refractivity contribution in [3.8, 4) is 5.75 Å². The van der Waals surface area contributed by atoms with Crippen molar-refractivity contribution in [3.63, 3.8) is 0 Å². The predicted molar refractivity (Wildman–Crippen MR) is 70.6 cm³/mol. The highest BCUT2D eigenvalue weighted by Crippen LogP contribution is 2.24. The van der Waals surface area contributed by atoms with Gasteiger partial charge in [0.2, 0.25) is 0 Å². The molecule has 0 heterocycles. The van der Waals surface area contributed by atoms with Crippen molar-refractivity contribution >= 4 is 5.91 Å². The van der Waals surface area contributed by atoms with Crippen LogP contribution in [0, 0.1) is 0 Å². The summed E-state index contributed by atoms with van der Waals surface area (Å²) in [7, 11) is 3.44. The highest BCUT2D eigenvalue weighted by Gasteiger charge is 2.16. The zero-order chi connectivity index (χ0) is 13.1. The SMILES string of the molecule is CN(C)C(=O)COc1ccc2c(c1)C[C@@H](N)CC2. The van der Waals surface area contributed by atoms with E-state index in [-0.39, 0.29) is 18.6 Å². The van der Waals surface area contributed by atoms with Crippen molar-refractivity contribution < 1.29 is 9.53 Å². The number of carbonyl (C=O) groups is 1. The molecule has 1 aliphatic rings. The van der Waals surface area contributed by atoms with Gasteiger partial charge in [0, 0.05) is 20.1 Å². The fraction of sp³-hybridized carbons (Fsp3) is 0.500. The van der Waals surface area contributed by atoms with Crippen LogP contribution in [0.4, 0.5) is 0 Å². The normalized spacial score (nSPS) is 18.1. The monoisotopic (exact) mass is 248 g/mol. The van der Waals surface area contributed by atoms with E-state index in [0.29, 0.717) is 0 Å². The van der Waals surface area contributed by atoms with Crippen molar-refractivity contribution in [3.05, 3.63) is 29.3 Å². The molecule has 0 radical (unpaired) electrons. The van der Waals surface area contributed by atoms with E-state index in [1.54, 1.807) is 14.1 Å². The third-order valence-electron chi connectivity index (χ3n) is 3.31. The maximum absolute atomic E-state index is 11.4. The van der Waals surface area contributed by atoms with Crippen LogP contribution >= 0.6 is 0 Å². The molecule has 0 saturated heterocycles. The van der Waals surface area contributed by atoms with E-state index in [4.69, 9.17) is 10.5 Å². The van der Waals surface area contributed by atoms with E-state index in [1.165, 1.54) is 16.0 Å². The highest BCUT2D eigenvalue weighted by atomic mass is 16.5. The second-order valence-electron chi connectivity index (χ2n) is 5.01. The second-order valence-corrected chi connectivity index (χ2v) is 5.01. The average Bonchev–Trinajstić information content (AvgIpc) is 2.35. The van der Waals surface area contributed by atoms with Gasteiger partial charge in [-0.25, -0.2) is 0 Å². The van der Waals surface area contributed by atoms with Gasteiger partial charge in [0.25, 0.3) is 5.91 Å². The summed E-state index contributed by atoms with van der Waals surface area (Å²) in [5, 5.41) is 0. The number of fused-ring (bicyclic) bond motifs is 1. The predicted octanol–water partition coefficient (Wildman–Crippen LogP) is 0.970. The molecule has 0 unspecified atom stereocenters. The van der Waals surface area contributed by atoms with E-state index < -0.39 is 0 Å². The third-order valence-corrected chi connectivity index (χ3v) is 3.31. The van der Waals surface area contributed by atoms with Gasteiger partial charge in [-0.3, -0.25) is 4.79 Å². The number of hydrogen-bond donors (Lipinski definition) is 1. The molecule has 1 amide bonds. The van der Waals surface area contributed by atoms with E-state index in [0.717, 1.165) is 25.0 Å². The number of carbonyl (C=O) groups excluding carboxylic acids is 1. The Kier molecular flexibility index (Phi) is 3.87. The van der Waals surface area contributed by atoms with E-state index in [2.05, 4.69) is 6.07 Å². The van der Waals surface area contributed by atoms with Crippen LogP contribution in [-0.4, -0.2) is 37.6 Å². The van der Waals surface area contributed by atoms with Crippen LogP contribution in [0.15, 0.2) is 18.2 Å². The fourth-order valence-electron chi connectivity index (χ4n) is 2.13. The number of aryl methyl sites for hydroxylation is 1. The first-order valence-corrected chi connectivity index (χ1v) is 6.26. The summed E-state index contributed by atoms with van der Waals surface area (Å²) in [5.74, 6) is 0.711. The molecule has 0 fully saturated rings. The molecule has 1 aromatic rings. The number of rotatable bonds is 3. The van der Waals surface area contributed by atoms with Gasteiger partial charge in [-0.15, -0.1) is 0 Å². The topological polar surface area (TPSA) is 55.6 Å². The van der Waals surface area contributed by atoms with Gasteiger partial charge in [-0.1, -0.05) is 6.07 Å². The smallest absolute Gasteiger partial charge is 0.259 e. The number of likely N-dealkylation sites (N-methyl/N-ethyl adjacent to an activating group) is 1. The Bertz CT molecular complexity index is 443.